The van der Waals surface area contributed by atoms with E-state index in [1.807, 2.05) is 0 Å². The lowest BCUT2D eigenvalue weighted by atomic mass is 9.80. The molecule has 0 aliphatic carbocycles. The van der Waals surface area contributed by atoms with Crippen LogP contribution in [0.2, 0.25) is 0 Å². The van der Waals surface area contributed by atoms with Gasteiger partial charge in [-0.05, 0) is 37.2 Å². The van der Waals surface area contributed by atoms with Crippen LogP contribution in [0, 0.1) is 0 Å². The standard InChI is InChI=1S/C38H55NO2/c1-4-5-6-7-8-9-10-11-12-13-14-24-31-40-37(32-39(2)3)33-41-38(34-25-18-15-19-26-34,35-27-20-16-21-28-35)36-29-22-17-23-30-36/h15-23,25-30,37H,4-14,24,31-33H2,1-3H3. The summed E-state index contributed by atoms with van der Waals surface area (Å²) in [4.78, 5) is 2.20. The van der Waals surface area contributed by atoms with Gasteiger partial charge < -0.3 is 14.4 Å². The summed E-state index contributed by atoms with van der Waals surface area (Å²) >= 11 is 0. The van der Waals surface area contributed by atoms with Gasteiger partial charge in [0.1, 0.15) is 5.60 Å². The molecule has 3 aromatic carbocycles. The van der Waals surface area contributed by atoms with Gasteiger partial charge in [0.2, 0.25) is 0 Å². The van der Waals surface area contributed by atoms with E-state index in [-0.39, 0.29) is 6.10 Å². The zero-order valence-corrected chi connectivity index (χ0v) is 26.1. The van der Waals surface area contributed by atoms with Crippen LogP contribution < -0.4 is 0 Å². The summed E-state index contributed by atoms with van der Waals surface area (Å²) in [6.45, 7) is 4.41. The summed E-state index contributed by atoms with van der Waals surface area (Å²) in [7, 11) is 4.22. The van der Waals surface area contributed by atoms with Crippen LogP contribution in [-0.2, 0) is 15.1 Å². The highest BCUT2D eigenvalue weighted by Crippen LogP contribution is 2.40. The molecule has 1 atom stereocenters. The Morgan fingerprint density at radius 1 is 0.561 bits per heavy atom. The summed E-state index contributed by atoms with van der Waals surface area (Å²) < 4.78 is 13.5. The van der Waals surface area contributed by atoms with Gasteiger partial charge in [0, 0.05) is 13.2 Å². The average molecular weight is 558 g/mol. The van der Waals surface area contributed by atoms with Crippen molar-refractivity contribution in [1.29, 1.82) is 0 Å². The second-order valence-corrected chi connectivity index (χ2v) is 11.7. The zero-order chi connectivity index (χ0) is 29.0. The summed E-state index contributed by atoms with van der Waals surface area (Å²) in [5.74, 6) is 0. The van der Waals surface area contributed by atoms with Crippen LogP contribution in [-0.4, -0.2) is 44.9 Å². The van der Waals surface area contributed by atoms with Crippen LogP contribution >= 0.6 is 0 Å². The first-order chi connectivity index (χ1) is 20.2. The van der Waals surface area contributed by atoms with E-state index < -0.39 is 5.60 Å². The number of hydrogen-bond donors (Lipinski definition) is 0. The van der Waals surface area contributed by atoms with E-state index in [4.69, 9.17) is 9.47 Å². The van der Waals surface area contributed by atoms with Gasteiger partial charge in [0.15, 0.2) is 0 Å². The Balaban J connectivity index is 1.56. The van der Waals surface area contributed by atoms with Gasteiger partial charge in [-0.25, -0.2) is 0 Å². The van der Waals surface area contributed by atoms with Crippen molar-refractivity contribution in [2.24, 2.45) is 0 Å². The van der Waals surface area contributed by atoms with E-state index in [2.05, 4.69) is 117 Å². The Labute approximate surface area is 251 Å². The molecule has 1 unspecified atom stereocenters. The average Bonchev–Trinajstić information content (AvgIpc) is 3.01. The highest BCUT2D eigenvalue weighted by atomic mass is 16.5. The predicted octanol–water partition coefficient (Wildman–Crippen LogP) is 9.64. The first-order valence-corrected chi connectivity index (χ1v) is 16.2. The molecular formula is C38H55NO2. The fourth-order valence-corrected chi connectivity index (χ4v) is 5.74. The summed E-state index contributed by atoms with van der Waals surface area (Å²) in [5.41, 5.74) is 2.67. The van der Waals surface area contributed by atoms with Crippen molar-refractivity contribution in [1.82, 2.24) is 4.90 Å². The van der Waals surface area contributed by atoms with Crippen LogP contribution in [0.15, 0.2) is 91.0 Å². The lowest BCUT2D eigenvalue weighted by Gasteiger charge is -2.37. The van der Waals surface area contributed by atoms with Gasteiger partial charge in [0.05, 0.1) is 12.7 Å². The van der Waals surface area contributed by atoms with Crippen LogP contribution in [0.3, 0.4) is 0 Å². The molecule has 224 valence electrons. The molecule has 0 fully saturated rings. The number of hydrogen-bond acceptors (Lipinski definition) is 3. The molecule has 0 spiro atoms. The van der Waals surface area contributed by atoms with E-state index in [1.165, 1.54) is 70.6 Å². The second kappa shape index (κ2) is 19.6. The lowest BCUT2D eigenvalue weighted by molar-refractivity contribution is -0.0715. The van der Waals surface area contributed by atoms with Gasteiger partial charge in [-0.2, -0.15) is 0 Å². The van der Waals surface area contributed by atoms with E-state index in [0.29, 0.717) is 6.61 Å². The summed E-state index contributed by atoms with van der Waals surface area (Å²) in [6.07, 6.45) is 16.2. The molecule has 0 heterocycles. The van der Waals surface area contributed by atoms with Gasteiger partial charge >= 0.3 is 0 Å². The highest BCUT2D eigenvalue weighted by molar-refractivity contribution is 5.47. The Morgan fingerprint density at radius 2 is 0.951 bits per heavy atom. The maximum Gasteiger partial charge on any atom is 0.143 e. The van der Waals surface area contributed by atoms with Gasteiger partial charge in [0.25, 0.3) is 0 Å². The number of rotatable bonds is 22. The van der Waals surface area contributed by atoms with Gasteiger partial charge in [-0.15, -0.1) is 0 Å². The summed E-state index contributed by atoms with van der Waals surface area (Å²) in [6, 6.07) is 31.8. The fourth-order valence-electron chi connectivity index (χ4n) is 5.74. The first kappa shape index (κ1) is 33.0. The lowest BCUT2D eigenvalue weighted by Crippen LogP contribution is -2.39. The third-order valence-corrected chi connectivity index (χ3v) is 7.95. The molecule has 0 aromatic heterocycles. The highest BCUT2D eigenvalue weighted by Gasteiger charge is 2.38. The van der Waals surface area contributed by atoms with E-state index in [9.17, 15) is 0 Å². The number of benzene rings is 3. The van der Waals surface area contributed by atoms with Crippen LogP contribution in [0.4, 0.5) is 0 Å². The SMILES string of the molecule is CCCCCCCCCCCCCCOC(COC(c1ccccc1)(c1ccccc1)c1ccccc1)CN(C)C. The molecule has 3 aromatic rings. The molecule has 0 aliphatic rings. The van der Waals surface area contributed by atoms with E-state index in [1.54, 1.807) is 0 Å². The van der Waals surface area contributed by atoms with Crippen LogP contribution in [0.1, 0.15) is 101 Å². The Hall–Kier alpha value is -2.46. The Kier molecular flexibility index (Phi) is 15.8. The van der Waals surface area contributed by atoms with E-state index >= 15 is 0 Å². The predicted molar refractivity (Wildman–Crippen MR) is 175 cm³/mol. The molecule has 0 amide bonds. The minimum atomic E-state index is -0.715. The topological polar surface area (TPSA) is 21.7 Å². The first-order valence-electron chi connectivity index (χ1n) is 16.2. The number of ether oxygens (including phenoxy) is 2. The minimum absolute atomic E-state index is 0.00628. The normalized spacial score (nSPS) is 12.6. The number of likely N-dealkylation sites (N-methyl/N-ethyl adjacent to an activating group) is 1. The Morgan fingerprint density at radius 3 is 1.34 bits per heavy atom. The second-order valence-electron chi connectivity index (χ2n) is 11.7. The molecular weight excluding hydrogens is 502 g/mol. The molecule has 41 heavy (non-hydrogen) atoms. The monoisotopic (exact) mass is 557 g/mol. The third kappa shape index (κ3) is 11.4. The largest absolute Gasteiger partial charge is 0.374 e. The fraction of sp³-hybridized carbons (Fsp3) is 0.526. The van der Waals surface area contributed by atoms with Crippen molar-refractivity contribution in [2.45, 2.75) is 95.7 Å². The van der Waals surface area contributed by atoms with Crippen molar-refractivity contribution in [3.8, 4) is 0 Å². The van der Waals surface area contributed by atoms with Crippen molar-refractivity contribution < 1.29 is 9.47 Å². The maximum absolute atomic E-state index is 7.06. The Bertz CT molecular complexity index is 925. The smallest absolute Gasteiger partial charge is 0.143 e. The van der Waals surface area contributed by atoms with Crippen molar-refractivity contribution in [3.05, 3.63) is 108 Å². The van der Waals surface area contributed by atoms with Crippen molar-refractivity contribution in [2.75, 3.05) is 33.9 Å². The molecule has 3 rings (SSSR count). The van der Waals surface area contributed by atoms with Crippen LogP contribution in [0.5, 0.6) is 0 Å². The quantitative estimate of drug-likeness (QED) is 0.0906. The van der Waals surface area contributed by atoms with Gasteiger partial charge in [-0.3, -0.25) is 0 Å². The molecule has 3 nitrogen and oxygen atoms in total. The molecule has 0 saturated heterocycles. The number of unbranched alkanes of at least 4 members (excludes halogenated alkanes) is 11. The molecule has 3 heteroatoms. The molecule has 0 aliphatic heterocycles. The van der Waals surface area contributed by atoms with Gasteiger partial charge in [-0.1, -0.05) is 169 Å². The molecule has 0 N–H and O–H groups in total. The maximum atomic E-state index is 7.06. The summed E-state index contributed by atoms with van der Waals surface area (Å²) in [5, 5.41) is 0. The zero-order valence-electron chi connectivity index (χ0n) is 26.1. The molecule has 0 radical (unpaired) electrons. The minimum Gasteiger partial charge on any atom is -0.374 e. The van der Waals surface area contributed by atoms with E-state index in [0.717, 1.165) is 36.3 Å². The molecule has 0 bridgehead atoms. The van der Waals surface area contributed by atoms with Crippen molar-refractivity contribution in [3.63, 3.8) is 0 Å². The van der Waals surface area contributed by atoms with Crippen molar-refractivity contribution >= 4 is 0 Å². The molecule has 0 saturated carbocycles. The van der Waals surface area contributed by atoms with Crippen LogP contribution in [0.25, 0.3) is 0 Å². The third-order valence-electron chi connectivity index (χ3n) is 7.95. The number of nitrogens with zero attached hydrogens (tertiary/aromatic N) is 1.